The number of carbonyl (C=O) groups excluding carboxylic acids is 1. The van der Waals surface area contributed by atoms with E-state index >= 15 is 0 Å². The van der Waals surface area contributed by atoms with Crippen molar-refractivity contribution in [3.63, 3.8) is 0 Å². The van der Waals surface area contributed by atoms with Crippen LogP contribution in [0.2, 0.25) is 0 Å². The molecule has 2 rings (SSSR count). The van der Waals surface area contributed by atoms with Crippen molar-refractivity contribution in [2.75, 3.05) is 19.6 Å². The monoisotopic (exact) mass is 250 g/mol. The van der Waals surface area contributed by atoms with E-state index in [-0.39, 0.29) is 11.3 Å². The quantitative estimate of drug-likeness (QED) is 0.859. The molecule has 0 radical (unpaired) electrons. The first-order chi connectivity index (χ1) is 8.52. The van der Waals surface area contributed by atoms with E-state index in [2.05, 4.69) is 12.0 Å². The largest absolute Gasteiger partial charge is 0.342 e. The van der Waals surface area contributed by atoms with Gasteiger partial charge in [-0.05, 0) is 30.9 Å². The Hall–Kier alpha value is -1.36. The van der Waals surface area contributed by atoms with Crippen molar-refractivity contribution in [3.8, 4) is 0 Å². The van der Waals surface area contributed by atoms with Crippen molar-refractivity contribution >= 4 is 5.91 Å². The average molecular weight is 250 g/mol. The van der Waals surface area contributed by atoms with Gasteiger partial charge in [0.1, 0.15) is 0 Å². The zero-order chi connectivity index (χ0) is 13.2. The van der Waals surface area contributed by atoms with Crippen LogP contribution in [0.5, 0.6) is 0 Å². The lowest BCUT2D eigenvalue weighted by Gasteiger charge is -2.22. The lowest BCUT2D eigenvalue weighted by molar-refractivity contribution is -0.130. The minimum absolute atomic E-state index is 0.109. The fourth-order valence-corrected chi connectivity index (χ4v) is 2.36. The standard InChI is InChI=1S/C13H22N4O/c1-11-7-15-17(8-11)5-3-12(18)16-6-4-13(2,9-14)10-16/h7-8H,3-6,9-10,14H2,1-2H3. The summed E-state index contributed by atoms with van der Waals surface area (Å²) in [6.45, 7) is 7.08. The van der Waals surface area contributed by atoms with E-state index in [0.29, 0.717) is 19.5 Å². The van der Waals surface area contributed by atoms with Gasteiger partial charge in [-0.3, -0.25) is 9.48 Å². The molecule has 0 aromatic carbocycles. The normalized spacial score (nSPS) is 23.6. The highest BCUT2D eigenvalue weighted by molar-refractivity contribution is 5.76. The number of nitrogens with zero attached hydrogens (tertiary/aromatic N) is 3. The Kier molecular flexibility index (Phi) is 3.71. The topological polar surface area (TPSA) is 64.2 Å². The third kappa shape index (κ3) is 2.90. The molecule has 1 fully saturated rings. The summed E-state index contributed by atoms with van der Waals surface area (Å²) >= 11 is 0. The molecule has 1 aromatic heterocycles. The van der Waals surface area contributed by atoms with Gasteiger partial charge in [-0.2, -0.15) is 5.10 Å². The first-order valence-corrected chi connectivity index (χ1v) is 6.49. The molecule has 2 heterocycles. The second kappa shape index (κ2) is 5.10. The SMILES string of the molecule is Cc1cnn(CCC(=O)N2CCC(C)(CN)C2)c1. The van der Waals surface area contributed by atoms with E-state index < -0.39 is 0 Å². The molecule has 1 aliphatic rings. The Balaban J connectivity index is 1.82. The van der Waals surface area contributed by atoms with E-state index in [4.69, 9.17) is 5.73 Å². The van der Waals surface area contributed by atoms with E-state index in [1.54, 1.807) is 0 Å². The van der Waals surface area contributed by atoms with Crippen LogP contribution in [0.4, 0.5) is 0 Å². The predicted octanol–water partition coefficient (Wildman–Crippen LogP) is 0.779. The summed E-state index contributed by atoms with van der Waals surface area (Å²) in [5, 5.41) is 4.19. The van der Waals surface area contributed by atoms with Crippen LogP contribution in [0.15, 0.2) is 12.4 Å². The number of rotatable bonds is 4. The molecule has 1 atom stereocenters. The van der Waals surface area contributed by atoms with Gasteiger partial charge in [0.2, 0.25) is 5.91 Å². The van der Waals surface area contributed by atoms with E-state index in [1.165, 1.54) is 0 Å². The van der Waals surface area contributed by atoms with Crippen LogP contribution in [-0.4, -0.2) is 40.2 Å². The van der Waals surface area contributed by atoms with E-state index in [0.717, 1.165) is 25.1 Å². The molecule has 1 aromatic rings. The second-order valence-electron chi connectivity index (χ2n) is 5.61. The number of carbonyl (C=O) groups is 1. The molecule has 18 heavy (non-hydrogen) atoms. The molecule has 0 saturated carbocycles. The molecule has 1 unspecified atom stereocenters. The first-order valence-electron chi connectivity index (χ1n) is 6.49. The minimum Gasteiger partial charge on any atom is -0.342 e. The molecule has 5 nitrogen and oxygen atoms in total. The van der Waals surface area contributed by atoms with Gasteiger partial charge in [0.25, 0.3) is 0 Å². The number of amides is 1. The Morgan fingerprint density at radius 3 is 2.94 bits per heavy atom. The molecular formula is C13H22N4O. The zero-order valence-electron chi connectivity index (χ0n) is 11.2. The Labute approximate surface area is 108 Å². The molecule has 0 spiro atoms. The van der Waals surface area contributed by atoms with Gasteiger partial charge in [-0.1, -0.05) is 6.92 Å². The van der Waals surface area contributed by atoms with Crippen LogP contribution < -0.4 is 5.73 Å². The molecule has 0 bridgehead atoms. The lowest BCUT2D eigenvalue weighted by Crippen LogP contribution is -2.34. The highest BCUT2D eigenvalue weighted by Gasteiger charge is 2.34. The number of hydrogen-bond donors (Lipinski definition) is 1. The molecule has 1 saturated heterocycles. The molecule has 1 amide bonds. The van der Waals surface area contributed by atoms with Gasteiger partial charge >= 0.3 is 0 Å². The highest BCUT2D eigenvalue weighted by atomic mass is 16.2. The van der Waals surface area contributed by atoms with E-state index in [1.807, 2.05) is 28.9 Å². The summed E-state index contributed by atoms with van der Waals surface area (Å²) in [7, 11) is 0. The summed E-state index contributed by atoms with van der Waals surface area (Å²) in [5.74, 6) is 0.209. The lowest BCUT2D eigenvalue weighted by atomic mass is 9.90. The van der Waals surface area contributed by atoms with Crippen molar-refractivity contribution < 1.29 is 4.79 Å². The maximum atomic E-state index is 12.1. The summed E-state index contributed by atoms with van der Waals surface area (Å²) in [6, 6.07) is 0. The fraction of sp³-hybridized carbons (Fsp3) is 0.692. The van der Waals surface area contributed by atoms with Gasteiger partial charge in [0, 0.05) is 32.3 Å². The summed E-state index contributed by atoms with van der Waals surface area (Å²) in [6.07, 6.45) is 5.30. The zero-order valence-corrected chi connectivity index (χ0v) is 11.2. The number of aryl methyl sites for hydroxylation is 2. The van der Waals surface area contributed by atoms with Crippen molar-refractivity contribution in [2.45, 2.75) is 33.2 Å². The maximum Gasteiger partial charge on any atom is 0.224 e. The van der Waals surface area contributed by atoms with Crippen LogP contribution in [0.1, 0.15) is 25.3 Å². The first kappa shape index (κ1) is 13.1. The van der Waals surface area contributed by atoms with Gasteiger partial charge in [-0.25, -0.2) is 0 Å². The third-order valence-electron chi connectivity index (χ3n) is 3.72. The van der Waals surface area contributed by atoms with E-state index in [9.17, 15) is 4.79 Å². The van der Waals surface area contributed by atoms with Gasteiger partial charge in [-0.15, -0.1) is 0 Å². The van der Waals surface area contributed by atoms with Crippen molar-refractivity contribution in [3.05, 3.63) is 18.0 Å². The maximum absolute atomic E-state index is 12.1. The summed E-state index contributed by atoms with van der Waals surface area (Å²) < 4.78 is 1.82. The summed E-state index contributed by atoms with van der Waals surface area (Å²) in [4.78, 5) is 14.0. The molecule has 1 aliphatic heterocycles. The number of nitrogens with two attached hydrogens (primary N) is 1. The molecular weight excluding hydrogens is 228 g/mol. The Bertz CT molecular complexity index is 428. The van der Waals surface area contributed by atoms with Crippen LogP contribution in [0, 0.1) is 12.3 Å². The molecule has 100 valence electrons. The molecule has 2 N–H and O–H groups in total. The minimum atomic E-state index is 0.109. The van der Waals surface area contributed by atoms with Gasteiger partial charge < -0.3 is 10.6 Å². The van der Waals surface area contributed by atoms with Crippen molar-refractivity contribution in [1.29, 1.82) is 0 Å². The number of aromatic nitrogens is 2. The predicted molar refractivity (Wildman–Crippen MR) is 69.9 cm³/mol. The van der Waals surface area contributed by atoms with Crippen LogP contribution >= 0.6 is 0 Å². The Morgan fingerprint density at radius 2 is 2.39 bits per heavy atom. The smallest absolute Gasteiger partial charge is 0.224 e. The Morgan fingerprint density at radius 1 is 1.61 bits per heavy atom. The average Bonchev–Trinajstić information content (AvgIpc) is 2.94. The fourth-order valence-electron chi connectivity index (χ4n) is 2.36. The van der Waals surface area contributed by atoms with Crippen molar-refractivity contribution in [1.82, 2.24) is 14.7 Å². The van der Waals surface area contributed by atoms with Gasteiger partial charge in [0.15, 0.2) is 0 Å². The highest BCUT2D eigenvalue weighted by Crippen LogP contribution is 2.28. The molecule has 0 aliphatic carbocycles. The second-order valence-corrected chi connectivity index (χ2v) is 5.61. The number of hydrogen-bond acceptors (Lipinski definition) is 3. The molecule has 5 heteroatoms. The van der Waals surface area contributed by atoms with Crippen LogP contribution in [-0.2, 0) is 11.3 Å². The number of likely N-dealkylation sites (tertiary alicyclic amines) is 1. The van der Waals surface area contributed by atoms with Crippen LogP contribution in [0.25, 0.3) is 0 Å². The van der Waals surface area contributed by atoms with Gasteiger partial charge in [0.05, 0.1) is 6.20 Å². The summed E-state index contributed by atoms with van der Waals surface area (Å²) in [5.41, 5.74) is 6.98. The third-order valence-corrected chi connectivity index (χ3v) is 3.72. The van der Waals surface area contributed by atoms with Crippen molar-refractivity contribution in [2.24, 2.45) is 11.1 Å². The van der Waals surface area contributed by atoms with Crippen LogP contribution in [0.3, 0.4) is 0 Å².